The summed E-state index contributed by atoms with van der Waals surface area (Å²) in [6, 6.07) is 89.5. The van der Waals surface area contributed by atoms with Crippen LogP contribution in [0.25, 0.3) is 22.3 Å². The molecule has 0 heterocycles. The quantitative estimate of drug-likeness (QED) is 0.142. The largest absolute Gasteiger partial charge is 0.310 e. The van der Waals surface area contributed by atoms with Gasteiger partial charge in [0.2, 0.25) is 0 Å². The first kappa shape index (κ1) is 45.6. The Kier molecular flexibility index (Phi) is 10.4. The molecule has 74 heavy (non-hydrogen) atoms. The van der Waals surface area contributed by atoms with Gasteiger partial charge in [-0.25, -0.2) is 0 Å². The molecule has 0 bridgehead atoms. The summed E-state index contributed by atoms with van der Waals surface area (Å²) in [6.07, 6.45) is 0.881. The predicted molar refractivity (Wildman–Crippen MR) is 311 cm³/mol. The van der Waals surface area contributed by atoms with Crippen molar-refractivity contribution in [1.29, 1.82) is 0 Å². The highest BCUT2D eigenvalue weighted by atomic mass is 15.1. The van der Waals surface area contributed by atoms with Crippen molar-refractivity contribution in [3.05, 3.63) is 298 Å². The normalized spacial score (nSPS) is 18.2. The molecule has 0 N–H and O–H groups in total. The maximum absolute atomic E-state index is 2.48. The fraction of sp³-hybridized carbons (Fsp3) is 0.167. The van der Waals surface area contributed by atoms with Gasteiger partial charge in [0, 0.05) is 55.8 Å². The molecule has 0 saturated carbocycles. The topological polar surface area (TPSA) is 6.48 Å². The van der Waals surface area contributed by atoms with E-state index in [0.29, 0.717) is 0 Å². The number of nitrogens with zero attached hydrogens (tertiary/aromatic N) is 2. The number of anilines is 6. The highest BCUT2D eigenvalue weighted by molar-refractivity contribution is 5.87. The van der Waals surface area contributed by atoms with E-state index in [-0.39, 0.29) is 16.2 Å². The molecule has 3 aliphatic rings. The SMILES string of the molecule is Cc1ccc(N(c2ccc(C3(C)CC(c4ccccc4)(c4ccc(N(c5ccc(C)cc5)c5ccc6c(c5)C(C)(C)c5ccccc5-6)cc4)c4ccccc43)cc2)c2ccc3c(c2)C(C)(C)c2ccccc2-3)cc1. The summed E-state index contributed by atoms with van der Waals surface area (Å²) in [5.74, 6) is 0. The lowest BCUT2D eigenvalue weighted by atomic mass is 9.67. The molecular formula is C72H62N2. The molecule has 10 aromatic carbocycles. The third-order valence-electron chi connectivity index (χ3n) is 17.5. The monoisotopic (exact) mass is 954 g/mol. The van der Waals surface area contributed by atoms with Gasteiger partial charge < -0.3 is 9.80 Å². The van der Waals surface area contributed by atoms with Gasteiger partial charge in [0.25, 0.3) is 0 Å². The van der Waals surface area contributed by atoms with E-state index in [2.05, 4.69) is 295 Å². The van der Waals surface area contributed by atoms with Crippen molar-refractivity contribution < 1.29 is 0 Å². The van der Waals surface area contributed by atoms with Gasteiger partial charge in [-0.3, -0.25) is 0 Å². The zero-order valence-corrected chi connectivity index (χ0v) is 43.6. The molecule has 2 heteroatoms. The Bertz CT molecular complexity index is 3770. The minimum absolute atomic E-state index is 0.103. The molecule has 10 aromatic rings. The summed E-state index contributed by atoms with van der Waals surface area (Å²) in [6.45, 7) is 16.3. The van der Waals surface area contributed by atoms with Crippen molar-refractivity contribution in [2.45, 2.75) is 76.5 Å². The Balaban J connectivity index is 0.899. The smallest absolute Gasteiger partial charge is 0.0466 e. The van der Waals surface area contributed by atoms with Crippen LogP contribution in [0.4, 0.5) is 34.1 Å². The Morgan fingerprint density at radius 3 is 1.08 bits per heavy atom. The molecule has 0 aromatic heterocycles. The van der Waals surface area contributed by atoms with E-state index < -0.39 is 5.41 Å². The molecule has 2 unspecified atom stereocenters. The Morgan fingerprint density at radius 1 is 0.284 bits per heavy atom. The van der Waals surface area contributed by atoms with Gasteiger partial charge in [-0.05, 0) is 165 Å². The van der Waals surface area contributed by atoms with Gasteiger partial charge in [0.05, 0.1) is 0 Å². The second kappa shape index (κ2) is 16.9. The molecule has 0 saturated heterocycles. The van der Waals surface area contributed by atoms with E-state index in [1.165, 1.54) is 83.5 Å². The van der Waals surface area contributed by atoms with E-state index in [0.717, 1.165) is 40.5 Å². The van der Waals surface area contributed by atoms with Crippen molar-refractivity contribution in [1.82, 2.24) is 0 Å². The van der Waals surface area contributed by atoms with Crippen LogP contribution in [0.2, 0.25) is 0 Å². The molecule has 0 radical (unpaired) electrons. The Morgan fingerprint density at radius 2 is 0.622 bits per heavy atom. The van der Waals surface area contributed by atoms with Crippen molar-refractivity contribution in [3.63, 3.8) is 0 Å². The molecular weight excluding hydrogens is 893 g/mol. The molecule has 13 rings (SSSR count). The average Bonchev–Trinajstić information content (AvgIpc) is 3.95. The Labute approximate surface area is 438 Å². The summed E-state index contributed by atoms with van der Waals surface area (Å²) in [5, 5.41) is 0. The summed E-state index contributed by atoms with van der Waals surface area (Å²) in [5.41, 5.74) is 26.0. The maximum atomic E-state index is 2.48. The third kappa shape index (κ3) is 6.91. The summed E-state index contributed by atoms with van der Waals surface area (Å²) in [7, 11) is 0. The van der Waals surface area contributed by atoms with Gasteiger partial charge in [0.1, 0.15) is 0 Å². The highest BCUT2D eigenvalue weighted by Crippen LogP contribution is 2.60. The van der Waals surface area contributed by atoms with Gasteiger partial charge in [-0.15, -0.1) is 0 Å². The lowest BCUT2D eigenvalue weighted by Gasteiger charge is -2.36. The van der Waals surface area contributed by atoms with Crippen molar-refractivity contribution in [2.75, 3.05) is 9.80 Å². The van der Waals surface area contributed by atoms with Crippen LogP contribution in [-0.4, -0.2) is 0 Å². The van der Waals surface area contributed by atoms with E-state index in [4.69, 9.17) is 0 Å². The van der Waals surface area contributed by atoms with Crippen molar-refractivity contribution >= 4 is 34.1 Å². The average molecular weight is 955 g/mol. The minimum Gasteiger partial charge on any atom is -0.310 e. The van der Waals surface area contributed by atoms with E-state index in [9.17, 15) is 0 Å². The standard InChI is InChI=1S/C72H62N2/c1-48-25-33-53(34-26-48)73(57-41-43-61-59-19-11-13-21-63(59)69(3,4)67(61)45-57)55-37-29-50(30-38-55)71(7)47-72(51-17-9-8-10-18-51,66-24-16-15-23-65(66)71)52-31-39-56(40-32-52)74(54-35-27-49(2)28-36-54)58-42-44-62-60-20-12-14-22-64(60)70(5,6)68(62)46-58/h8-46H,47H2,1-7H3. The molecule has 360 valence electrons. The van der Waals surface area contributed by atoms with Crippen LogP contribution >= 0.6 is 0 Å². The number of fused-ring (bicyclic) bond motifs is 7. The molecule has 2 nitrogen and oxygen atoms in total. The van der Waals surface area contributed by atoms with Gasteiger partial charge >= 0.3 is 0 Å². The lowest BCUT2D eigenvalue weighted by Crippen LogP contribution is -2.30. The van der Waals surface area contributed by atoms with Gasteiger partial charge in [-0.1, -0.05) is 210 Å². The number of aryl methyl sites for hydroxylation is 2. The number of rotatable bonds is 9. The first-order chi connectivity index (χ1) is 35.9. The van der Waals surface area contributed by atoms with Crippen LogP contribution in [0.15, 0.2) is 237 Å². The number of hydrogen-bond acceptors (Lipinski definition) is 2. The van der Waals surface area contributed by atoms with Crippen LogP contribution in [0, 0.1) is 13.8 Å². The first-order valence-corrected chi connectivity index (χ1v) is 26.5. The zero-order chi connectivity index (χ0) is 50.6. The summed E-state index contributed by atoms with van der Waals surface area (Å²) >= 11 is 0. The molecule has 0 amide bonds. The predicted octanol–water partition coefficient (Wildman–Crippen LogP) is 18.9. The van der Waals surface area contributed by atoms with Gasteiger partial charge in [0.15, 0.2) is 0 Å². The number of benzene rings is 10. The van der Waals surface area contributed by atoms with Crippen molar-refractivity contribution in [3.8, 4) is 22.3 Å². The highest BCUT2D eigenvalue weighted by Gasteiger charge is 2.52. The van der Waals surface area contributed by atoms with Crippen LogP contribution in [-0.2, 0) is 21.7 Å². The van der Waals surface area contributed by atoms with Crippen LogP contribution < -0.4 is 9.80 Å². The second-order valence-electron chi connectivity index (χ2n) is 22.6. The lowest BCUT2D eigenvalue weighted by molar-refractivity contribution is 0.473. The number of hydrogen-bond donors (Lipinski definition) is 0. The fourth-order valence-electron chi connectivity index (χ4n) is 13.5. The van der Waals surface area contributed by atoms with E-state index in [1.54, 1.807) is 0 Å². The first-order valence-electron chi connectivity index (χ1n) is 26.5. The minimum atomic E-state index is -0.412. The molecule has 3 aliphatic carbocycles. The fourth-order valence-corrected chi connectivity index (χ4v) is 13.5. The van der Waals surface area contributed by atoms with Crippen molar-refractivity contribution in [2.24, 2.45) is 0 Å². The molecule has 0 spiro atoms. The summed E-state index contributed by atoms with van der Waals surface area (Å²) < 4.78 is 0. The molecule has 0 fully saturated rings. The zero-order valence-electron chi connectivity index (χ0n) is 43.6. The van der Waals surface area contributed by atoms with E-state index >= 15 is 0 Å². The molecule has 2 atom stereocenters. The molecule has 0 aliphatic heterocycles. The van der Waals surface area contributed by atoms with Crippen LogP contribution in [0.5, 0.6) is 0 Å². The van der Waals surface area contributed by atoms with Crippen LogP contribution in [0.1, 0.15) is 102 Å². The van der Waals surface area contributed by atoms with Gasteiger partial charge in [-0.2, -0.15) is 0 Å². The van der Waals surface area contributed by atoms with Crippen LogP contribution in [0.3, 0.4) is 0 Å². The Hall–Kier alpha value is -8.20. The third-order valence-corrected chi connectivity index (χ3v) is 17.5. The maximum Gasteiger partial charge on any atom is 0.0466 e. The summed E-state index contributed by atoms with van der Waals surface area (Å²) in [4.78, 5) is 4.88. The second-order valence-corrected chi connectivity index (χ2v) is 22.6. The van der Waals surface area contributed by atoms with E-state index in [1.807, 2.05) is 0 Å².